The Bertz CT molecular complexity index is 1730. The van der Waals surface area contributed by atoms with Crippen LogP contribution in [0.2, 0.25) is 0 Å². The number of benzene rings is 2. The Kier molecular flexibility index (Phi) is 13.6. The molecule has 3 heterocycles. The first kappa shape index (κ1) is 39.8. The van der Waals surface area contributed by atoms with Crippen LogP contribution in [0.3, 0.4) is 0 Å². The number of Topliss-reactive ketones (excluding diaryl/α,β-unsaturated/α-hetero) is 1. The van der Waals surface area contributed by atoms with E-state index in [0.717, 1.165) is 33.9 Å². The largest absolute Gasteiger partial charge is 0.361 e. The summed E-state index contributed by atoms with van der Waals surface area (Å²) in [5.41, 5.74) is 0.962. The summed E-state index contributed by atoms with van der Waals surface area (Å²) in [6.07, 6.45) is 5.44. The van der Waals surface area contributed by atoms with Gasteiger partial charge in [0.25, 0.3) is 0 Å². The number of nitrogens with one attached hydrogen (secondary N) is 3. The minimum Gasteiger partial charge on any atom is -0.361 e. The van der Waals surface area contributed by atoms with Crippen LogP contribution in [0, 0.1) is 5.92 Å². The summed E-state index contributed by atoms with van der Waals surface area (Å²) in [6, 6.07) is 15.3. The van der Waals surface area contributed by atoms with Crippen molar-refractivity contribution in [2.45, 2.75) is 122 Å². The summed E-state index contributed by atoms with van der Waals surface area (Å²) in [6.45, 7) is 9.96. The predicted molar refractivity (Wildman–Crippen MR) is 204 cm³/mol. The summed E-state index contributed by atoms with van der Waals surface area (Å²) in [5, 5.41) is 9.81. The molecule has 5 rings (SSSR count). The van der Waals surface area contributed by atoms with Crippen molar-refractivity contribution >= 4 is 40.7 Å². The van der Waals surface area contributed by atoms with Gasteiger partial charge in [0.15, 0.2) is 5.78 Å². The zero-order valence-corrected chi connectivity index (χ0v) is 32.2. The van der Waals surface area contributed by atoms with E-state index < -0.39 is 47.6 Å². The standard InChI is InChI=1S/C41H53N5O6S/c1-6-13-36-42-24-30(53-36)23-35(47)43-31(19-18-28-14-9-7-10-15-28)38(49)45-33-21-27(4)46(40(33)51)34(22-29-16-11-8-12-17-29)39(50)44-32(20-26(2)3)37(48)41(5)25-52-41/h7-12,14-17,24,26-27,31-34H,6,13,18-23,25H2,1-5H3,(H,43,47)(H,44,50)(H,45,49)/t27?,31-,32-,33-,34-,41?/m0/s1. The van der Waals surface area contributed by atoms with Crippen LogP contribution in [0.5, 0.6) is 0 Å². The van der Waals surface area contributed by atoms with Crippen molar-refractivity contribution in [1.29, 1.82) is 0 Å². The van der Waals surface area contributed by atoms with Gasteiger partial charge in [0.2, 0.25) is 23.6 Å². The highest BCUT2D eigenvalue weighted by Gasteiger charge is 2.51. The molecule has 2 unspecified atom stereocenters. The highest BCUT2D eigenvalue weighted by molar-refractivity contribution is 7.11. The molecule has 1 aromatic heterocycles. The number of ether oxygens (including phenoxy) is 1. The van der Waals surface area contributed by atoms with Crippen LogP contribution in [-0.2, 0) is 54.4 Å². The molecule has 0 spiro atoms. The molecule has 0 saturated carbocycles. The van der Waals surface area contributed by atoms with E-state index in [1.807, 2.05) is 81.4 Å². The van der Waals surface area contributed by atoms with Crippen molar-refractivity contribution < 1.29 is 28.7 Å². The number of aromatic nitrogens is 1. The molecule has 2 saturated heterocycles. The molecule has 0 bridgehead atoms. The number of carbonyl (C=O) groups excluding carboxylic acids is 5. The van der Waals surface area contributed by atoms with E-state index in [4.69, 9.17) is 4.74 Å². The highest BCUT2D eigenvalue weighted by atomic mass is 32.1. The fourth-order valence-corrected chi connectivity index (χ4v) is 7.96. The zero-order valence-electron chi connectivity index (χ0n) is 31.4. The lowest BCUT2D eigenvalue weighted by Gasteiger charge is -2.33. The average Bonchev–Trinajstić information content (AvgIpc) is 3.63. The third-order valence-electron chi connectivity index (χ3n) is 9.89. The maximum atomic E-state index is 14.2. The number of aryl methyl sites for hydroxylation is 2. The van der Waals surface area contributed by atoms with Crippen LogP contribution in [0.1, 0.15) is 81.3 Å². The van der Waals surface area contributed by atoms with Gasteiger partial charge in [-0.05, 0) is 69.4 Å². The van der Waals surface area contributed by atoms with Crippen LogP contribution in [0.25, 0.3) is 0 Å². The number of nitrogens with zero attached hydrogens (tertiary/aromatic N) is 2. The number of epoxide rings is 1. The van der Waals surface area contributed by atoms with Crippen LogP contribution < -0.4 is 16.0 Å². The van der Waals surface area contributed by atoms with Gasteiger partial charge in [-0.25, -0.2) is 4.98 Å². The number of hydrogen-bond donors (Lipinski definition) is 3. The molecular weight excluding hydrogens is 691 g/mol. The Hall–Kier alpha value is -4.42. The number of likely N-dealkylation sites (tertiary alicyclic amines) is 1. The number of thiazole rings is 1. The molecule has 2 aliphatic rings. The summed E-state index contributed by atoms with van der Waals surface area (Å²) in [4.78, 5) is 75.8. The lowest BCUT2D eigenvalue weighted by Crippen LogP contribution is -2.57. The van der Waals surface area contributed by atoms with Gasteiger partial charge in [0.1, 0.15) is 23.7 Å². The lowest BCUT2D eigenvalue weighted by atomic mass is 9.92. The van der Waals surface area contributed by atoms with E-state index in [0.29, 0.717) is 25.9 Å². The Morgan fingerprint density at radius 2 is 1.62 bits per heavy atom. The van der Waals surface area contributed by atoms with Crippen LogP contribution in [0.4, 0.5) is 0 Å². The van der Waals surface area contributed by atoms with Gasteiger partial charge in [-0.15, -0.1) is 11.3 Å². The SMILES string of the molecule is CCCc1ncc(CC(=O)N[C@@H](CCc2ccccc2)C(=O)N[C@H]2CC(C)N([C@@H](Cc3ccccc3)C(=O)N[C@@H](CC(C)C)C(=O)C3(C)CO3)C2=O)s1. The molecule has 0 radical (unpaired) electrons. The van der Waals surface area contributed by atoms with E-state index in [2.05, 4.69) is 27.9 Å². The Labute approximate surface area is 316 Å². The monoisotopic (exact) mass is 743 g/mol. The van der Waals surface area contributed by atoms with Crippen molar-refractivity contribution in [3.05, 3.63) is 87.9 Å². The number of rotatable bonds is 19. The molecule has 11 nitrogen and oxygen atoms in total. The van der Waals surface area contributed by atoms with E-state index in [1.165, 1.54) is 11.3 Å². The number of amides is 4. The van der Waals surface area contributed by atoms with Crippen molar-refractivity contribution in [3.63, 3.8) is 0 Å². The quantitative estimate of drug-likeness (QED) is 0.155. The van der Waals surface area contributed by atoms with Gasteiger partial charge < -0.3 is 25.6 Å². The van der Waals surface area contributed by atoms with Crippen molar-refractivity contribution in [2.24, 2.45) is 5.92 Å². The van der Waals surface area contributed by atoms with Gasteiger partial charge in [0, 0.05) is 23.5 Å². The summed E-state index contributed by atoms with van der Waals surface area (Å²) >= 11 is 1.50. The van der Waals surface area contributed by atoms with Gasteiger partial charge in [-0.3, -0.25) is 24.0 Å². The van der Waals surface area contributed by atoms with Crippen molar-refractivity contribution in [3.8, 4) is 0 Å². The lowest BCUT2D eigenvalue weighted by molar-refractivity contribution is -0.142. The minimum absolute atomic E-state index is 0.103. The van der Waals surface area contributed by atoms with Gasteiger partial charge >= 0.3 is 0 Å². The smallest absolute Gasteiger partial charge is 0.246 e. The number of hydrogen-bond acceptors (Lipinski definition) is 8. The number of ketones is 1. The maximum Gasteiger partial charge on any atom is 0.246 e. The molecule has 3 N–H and O–H groups in total. The van der Waals surface area contributed by atoms with Crippen LogP contribution >= 0.6 is 11.3 Å². The Morgan fingerprint density at radius 3 is 2.25 bits per heavy atom. The molecule has 0 aliphatic carbocycles. The fraction of sp³-hybridized carbons (Fsp3) is 0.512. The predicted octanol–water partition coefficient (Wildman–Crippen LogP) is 4.36. The third kappa shape index (κ3) is 10.8. The summed E-state index contributed by atoms with van der Waals surface area (Å²) in [5.74, 6) is -1.61. The Balaban J connectivity index is 1.32. The van der Waals surface area contributed by atoms with E-state index in [1.54, 1.807) is 18.0 Å². The van der Waals surface area contributed by atoms with E-state index >= 15 is 0 Å². The second-order valence-electron chi connectivity index (χ2n) is 15.0. The second kappa shape index (κ2) is 18.1. The van der Waals surface area contributed by atoms with E-state index in [9.17, 15) is 24.0 Å². The van der Waals surface area contributed by atoms with Crippen molar-refractivity contribution in [2.75, 3.05) is 6.61 Å². The van der Waals surface area contributed by atoms with Crippen molar-refractivity contribution in [1.82, 2.24) is 25.8 Å². The molecule has 6 atom stereocenters. The first-order valence-electron chi connectivity index (χ1n) is 18.8. The molecule has 2 aromatic carbocycles. The molecular formula is C41H53N5O6S. The average molecular weight is 744 g/mol. The molecule has 284 valence electrons. The molecule has 4 amide bonds. The maximum absolute atomic E-state index is 14.2. The van der Waals surface area contributed by atoms with Crippen LogP contribution in [0.15, 0.2) is 66.9 Å². The first-order valence-corrected chi connectivity index (χ1v) is 19.6. The van der Waals surface area contributed by atoms with Gasteiger partial charge in [-0.2, -0.15) is 0 Å². The van der Waals surface area contributed by atoms with Crippen LogP contribution in [-0.4, -0.2) is 81.7 Å². The highest BCUT2D eigenvalue weighted by Crippen LogP contribution is 2.30. The molecule has 2 fully saturated rings. The minimum atomic E-state index is -0.928. The second-order valence-corrected chi connectivity index (χ2v) is 16.2. The fourth-order valence-electron chi connectivity index (χ4n) is 6.94. The molecule has 53 heavy (non-hydrogen) atoms. The molecule has 3 aromatic rings. The third-order valence-corrected chi connectivity index (χ3v) is 10.9. The van der Waals surface area contributed by atoms with E-state index in [-0.39, 0.29) is 42.8 Å². The first-order chi connectivity index (χ1) is 25.4. The molecule has 2 aliphatic heterocycles. The summed E-state index contributed by atoms with van der Waals surface area (Å²) in [7, 11) is 0. The molecule has 12 heteroatoms. The summed E-state index contributed by atoms with van der Waals surface area (Å²) < 4.78 is 5.43. The Morgan fingerprint density at radius 1 is 0.962 bits per heavy atom. The topological polar surface area (TPSA) is 150 Å². The van der Waals surface area contributed by atoms with Gasteiger partial charge in [0.05, 0.1) is 24.1 Å². The van der Waals surface area contributed by atoms with Gasteiger partial charge in [-0.1, -0.05) is 81.4 Å². The zero-order chi connectivity index (χ0) is 38.1. The number of carbonyl (C=O) groups is 5. The normalized spacial score (nSPS) is 21.2.